The van der Waals surface area contributed by atoms with E-state index in [2.05, 4.69) is 21.0 Å². The molecule has 2 heterocycles. The maximum absolute atomic E-state index is 9.19. The first kappa shape index (κ1) is 16.2. The minimum absolute atomic E-state index is 0.567. The van der Waals surface area contributed by atoms with Gasteiger partial charge in [0.05, 0.1) is 39.3 Å². The summed E-state index contributed by atoms with van der Waals surface area (Å²) >= 11 is 6.44. The molecule has 0 spiro atoms. The molecule has 5 heteroatoms. The van der Waals surface area contributed by atoms with Crippen LogP contribution in [-0.4, -0.2) is 15.0 Å². The molecule has 0 fully saturated rings. The van der Waals surface area contributed by atoms with E-state index in [0.29, 0.717) is 10.6 Å². The summed E-state index contributed by atoms with van der Waals surface area (Å²) in [6.07, 6.45) is 3.45. The summed E-state index contributed by atoms with van der Waals surface area (Å²) in [4.78, 5) is 13.6. The van der Waals surface area contributed by atoms with Crippen molar-refractivity contribution < 1.29 is 0 Å². The van der Waals surface area contributed by atoms with Gasteiger partial charge in [-0.2, -0.15) is 5.26 Å². The first-order chi connectivity index (χ1) is 12.7. The zero-order valence-electron chi connectivity index (χ0n) is 13.9. The molecule has 4 rings (SSSR count). The van der Waals surface area contributed by atoms with Gasteiger partial charge < -0.3 is 0 Å². The standard InChI is InChI=1S/C21H13ClN4/c1-13-12-25-20(21(26-13)15-5-2-4-14(8-15)11-23)17-9-16-6-3-7-24-19(16)18(22)10-17/h2-10,12H,1H3. The fourth-order valence-corrected chi connectivity index (χ4v) is 3.19. The lowest BCUT2D eigenvalue weighted by atomic mass is 10.0. The van der Waals surface area contributed by atoms with Gasteiger partial charge in [0.2, 0.25) is 0 Å². The molecule has 0 bridgehead atoms. The van der Waals surface area contributed by atoms with Crippen LogP contribution in [0, 0.1) is 18.3 Å². The van der Waals surface area contributed by atoms with Crippen LogP contribution >= 0.6 is 11.6 Å². The van der Waals surface area contributed by atoms with Gasteiger partial charge in [0.15, 0.2) is 0 Å². The number of pyridine rings is 1. The summed E-state index contributed by atoms with van der Waals surface area (Å²) < 4.78 is 0. The van der Waals surface area contributed by atoms with Crippen molar-refractivity contribution in [3.05, 3.63) is 77.2 Å². The van der Waals surface area contributed by atoms with Gasteiger partial charge in [-0.15, -0.1) is 0 Å². The average Bonchev–Trinajstić information content (AvgIpc) is 2.68. The van der Waals surface area contributed by atoms with Crippen LogP contribution in [0.4, 0.5) is 0 Å². The molecule has 0 N–H and O–H groups in total. The molecule has 124 valence electrons. The van der Waals surface area contributed by atoms with E-state index in [1.165, 1.54) is 0 Å². The zero-order chi connectivity index (χ0) is 18.1. The zero-order valence-corrected chi connectivity index (χ0v) is 14.7. The first-order valence-corrected chi connectivity index (χ1v) is 8.42. The van der Waals surface area contributed by atoms with Crippen LogP contribution < -0.4 is 0 Å². The lowest BCUT2D eigenvalue weighted by Crippen LogP contribution is -1.96. The minimum atomic E-state index is 0.567. The molecule has 0 aliphatic heterocycles. The van der Waals surface area contributed by atoms with Crippen LogP contribution in [0.1, 0.15) is 11.3 Å². The molecule has 0 aliphatic carbocycles. The molecule has 2 aromatic carbocycles. The summed E-state index contributed by atoms with van der Waals surface area (Å²) in [5, 5.41) is 10.7. The third kappa shape index (κ3) is 2.90. The van der Waals surface area contributed by atoms with E-state index in [4.69, 9.17) is 11.6 Å². The molecule has 4 nitrogen and oxygen atoms in total. The van der Waals surface area contributed by atoms with Crippen molar-refractivity contribution in [2.75, 3.05) is 0 Å². The Morgan fingerprint density at radius 1 is 0.962 bits per heavy atom. The van der Waals surface area contributed by atoms with Gasteiger partial charge in [-0.05, 0) is 37.3 Å². The lowest BCUT2D eigenvalue weighted by molar-refractivity contribution is 1.13. The fraction of sp³-hybridized carbons (Fsp3) is 0.0476. The minimum Gasteiger partial charge on any atom is -0.255 e. The molecule has 2 aromatic heterocycles. The van der Waals surface area contributed by atoms with Gasteiger partial charge in [0, 0.05) is 28.9 Å². The Hall–Kier alpha value is -3.29. The second-order valence-electron chi connectivity index (χ2n) is 5.93. The number of nitrogens with zero attached hydrogens (tertiary/aromatic N) is 4. The van der Waals surface area contributed by atoms with Crippen molar-refractivity contribution in [1.29, 1.82) is 5.26 Å². The van der Waals surface area contributed by atoms with Crippen molar-refractivity contribution in [3.8, 4) is 28.6 Å². The predicted octanol–water partition coefficient (Wildman–Crippen LogP) is 5.19. The molecule has 26 heavy (non-hydrogen) atoms. The number of nitriles is 1. The Bertz CT molecular complexity index is 1180. The average molecular weight is 357 g/mol. The number of rotatable bonds is 2. The van der Waals surface area contributed by atoms with Gasteiger partial charge in [-0.1, -0.05) is 29.8 Å². The van der Waals surface area contributed by atoms with E-state index >= 15 is 0 Å². The van der Waals surface area contributed by atoms with Crippen molar-refractivity contribution in [1.82, 2.24) is 15.0 Å². The number of benzene rings is 2. The molecule has 0 unspecified atom stereocenters. The number of aryl methyl sites for hydroxylation is 1. The second kappa shape index (κ2) is 6.55. The largest absolute Gasteiger partial charge is 0.255 e. The Balaban J connectivity index is 1.97. The molecular formula is C21H13ClN4. The summed E-state index contributed by atoms with van der Waals surface area (Å²) in [6, 6.07) is 17.2. The highest BCUT2D eigenvalue weighted by molar-refractivity contribution is 6.35. The van der Waals surface area contributed by atoms with Crippen LogP contribution in [0.5, 0.6) is 0 Å². The topological polar surface area (TPSA) is 62.5 Å². The van der Waals surface area contributed by atoms with E-state index in [1.54, 1.807) is 18.5 Å². The highest BCUT2D eigenvalue weighted by atomic mass is 35.5. The Morgan fingerprint density at radius 2 is 1.85 bits per heavy atom. The highest BCUT2D eigenvalue weighted by Gasteiger charge is 2.14. The van der Waals surface area contributed by atoms with E-state index in [9.17, 15) is 5.26 Å². The summed E-state index contributed by atoms with van der Waals surface area (Å²) in [7, 11) is 0. The fourth-order valence-electron chi connectivity index (χ4n) is 2.91. The van der Waals surface area contributed by atoms with Crippen molar-refractivity contribution in [3.63, 3.8) is 0 Å². The summed E-state index contributed by atoms with van der Waals surface area (Å²) in [5.41, 5.74) is 5.29. The lowest BCUT2D eigenvalue weighted by Gasteiger charge is -2.11. The van der Waals surface area contributed by atoms with Gasteiger partial charge in [-0.25, -0.2) is 4.98 Å². The molecule has 0 saturated carbocycles. The van der Waals surface area contributed by atoms with Crippen LogP contribution in [0.25, 0.3) is 33.4 Å². The van der Waals surface area contributed by atoms with Crippen LogP contribution in [0.3, 0.4) is 0 Å². The number of aromatic nitrogens is 3. The maximum atomic E-state index is 9.19. The van der Waals surface area contributed by atoms with Crippen LogP contribution in [-0.2, 0) is 0 Å². The molecule has 0 aliphatic rings. The molecule has 0 amide bonds. The smallest absolute Gasteiger partial charge is 0.0991 e. The van der Waals surface area contributed by atoms with Crippen molar-refractivity contribution in [2.24, 2.45) is 0 Å². The molecule has 0 radical (unpaired) electrons. The summed E-state index contributed by atoms with van der Waals surface area (Å²) in [5.74, 6) is 0. The molecule has 0 atom stereocenters. The van der Waals surface area contributed by atoms with E-state index in [1.807, 2.05) is 49.4 Å². The molecule has 4 aromatic rings. The van der Waals surface area contributed by atoms with Crippen LogP contribution in [0.2, 0.25) is 5.02 Å². The van der Waals surface area contributed by atoms with Gasteiger partial charge in [0.1, 0.15) is 0 Å². The Morgan fingerprint density at radius 3 is 2.69 bits per heavy atom. The first-order valence-electron chi connectivity index (χ1n) is 8.04. The highest BCUT2D eigenvalue weighted by Crippen LogP contribution is 2.33. The predicted molar refractivity (Wildman–Crippen MR) is 103 cm³/mol. The van der Waals surface area contributed by atoms with Crippen LogP contribution in [0.15, 0.2) is 60.9 Å². The maximum Gasteiger partial charge on any atom is 0.0991 e. The number of hydrogen-bond donors (Lipinski definition) is 0. The quantitative estimate of drug-likeness (QED) is 0.495. The monoisotopic (exact) mass is 356 g/mol. The van der Waals surface area contributed by atoms with Gasteiger partial charge in [0.25, 0.3) is 0 Å². The number of fused-ring (bicyclic) bond motifs is 1. The summed E-state index contributed by atoms with van der Waals surface area (Å²) in [6.45, 7) is 1.89. The molecular weight excluding hydrogens is 344 g/mol. The number of halogens is 1. The van der Waals surface area contributed by atoms with Gasteiger partial charge in [-0.3, -0.25) is 9.97 Å². The van der Waals surface area contributed by atoms with E-state index < -0.39 is 0 Å². The third-order valence-corrected chi connectivity index (χ3v) is 4.38. The third-order valence-electron chi connectivity index (χ3n) is 4.09. The van der Waals surface area contributed by atoms with E-state index in [-0.39, 0.29) is 0 Å². The number of hydrogen-bond acceptors (Lipinski definition) is 4. The van der Waals surface area contributed by atoms with Gasteiger partial charge >= 0.3 is 0 Å². The van der Waals surface area contributed by atoms with E-state index in [0.717, 1.165) is 39.1 Å². The van der Waals surface area contributed by atoms with Crippen molar-refractivity contribution in [2.45, 2.75) is 6.92 Å². The second-order valence-corrected chi connectivity index (χ2v) is 6.34. The van der Waals surface area contributed by atoms with Crippen molar-refractivity contribution >= 4 is 22.5 Å². The normalized spacial score (nSPS) is 10.7. The Kier molecular flexibility index (Phi) is 4.08. The molecule has 0 saturated heterocycles. The SMILES string of the molecule is Cc1cnc(-c2cc(Cl)c3ncccc3c2)c(-c2cccc(C#N)c2)n1. The Labute approximate surface area is 155 Å².